The van der Waals surface area contributed by atoms with Gasteiger partial charge in [0.25, 0.3) is 0 Å². The Bertz CT molecular complexity index is 1340. The molecule has 0 bridgehead atoms. The summed E-state index contributed by atoms with van der Waals surface area (Å²) in [6, 6.07) is 14.3. The summed E-state index contributed by atoms with van der Waals surface area (Å²) in [6.45, 7) is 1.04. The van der Waals surface area contributed by atoms with E-state index >= 15 is 0 Å². The molecule has 9 nitrogen and oxygen atoms in total. The van der Waals surface area contributed by atoms with Crippen LogP contribution in [0.2, 0.25) is 0 Å². The van der Waals surface area contributed by atoms with Gasteiger partial charge in [0.15, 0.2) is 0 Å². The minimum absolute atomic E-state index is 0.0695. The third kappa shape index (κ3) is 5.78. The number of phenols is 2. The Morgan fingerprint density at radius 1 is 0.944 bits per heavy atom. The number of likely N-dealkylation sites (N-methyl/N-ethyl adjacent to an activating group) is 1. The molecular formula is C26H25NO8S. The molecule has 0 saturated heterocycles. The average Bonchev–Trinajstić information content (AvgIpc) is 2.86. The third-order valence-corrected chi connectivity index (χ3v) is 7.46. The molecule has 188 valence electrons. The monoisotopic (exact) mass is 511 g/mol. The fourth-order valence-electron chi connectivity index (χ4n) is 3.75. The summed E-state index contributed by atoms with van der Waals surface area (Å²) in [7, 11) is -2.65. The van der Waals surface area contributed by atoms with Crippen molar-refractivity contribution in [1.29, 1.82) is 0 Å². The smallest absolute Gasteiger partial charge is 0.302 e. The summed E-state index contributed by atoms with van der Waals surface area (Å²) in [5.41, 5.74) is 1.35. The normalized spacial score (nSPS) is 11.4. The number of benzene rings is 3. The Balaban J connectivity index is 2.16. The van der Waals surface area contributed by atoms with Crippen LogP contribution in [0.25, 0.3) is 0 Å². The quantitative estimate of drug-likeness (QED) is 0.241. The Hall–Kier alpha value is -4.02. The fraction of sp³-hybridized carbons (Fsp3) is 0.192. The number of phenolic OH excluding ortho intramolecular Hbond substituents is 2. The topological polar surface area (TPSA) is 138 Å². The molecule has 0 atom stereocenters. The molecule has 0 spiro atoms. The van der Waals surface area contributed by atoms with E-state index in [9.17, 15) is 33.0 Å². The number of ether oxygens (including phenoxy) is 1. The van der Waals surface area contributed by atoms with Crippen molar-refractivity contribution in [3.8, 4) is 11.5 Å². The van der Waals surface area contributed by atoms with Gasteiger partial charge < -0.3 is 14.9 Å². The molecule has 3 rings (SSSR count). The van der Waals surface area contributed by atoms with E-state index in [0.29, 0.717) is 18.1 Å². The number of carbonyl (C=O) groups excluding carboxylic acids is 3. The van der Waals surface area contributed by atoms with Crippen molar-refractivity contribution in [2.45, 2.75) is 17.7 Å². The van der Waals surface area contributed by atoms with Gasteiger partial charge in [0.2, 0.25) is 10.0 Å². The van der Waals surface area contributed by atoms with E-state index in [1.807, 2.05) is 0 Å². The van der Waals surface area contributed by atoms with Crippen molar-refractivity contribution < 1.29 is 37.8 Å². The summed E-state index contributed by atoms with van der Waals surface area (Å²) in [6.07, 6.45) is 1.20. The zero-order valence-corrected chi connectivity index (χ0v) is 20.4. The summed E-state index contributed by atoms with van der Waals surface area (Å²) in [5.74, 6) is -1.83. The van der Waals surface area contributed by atoms with Gasteiger partial charge in [0.1, 0.15) is 30.7 Å². The first-order valence-electron chi connectivity index (χ1n) is 10.8. The molecule has 0 fully saturated rings. The lowest BCUT2D eigenvalue weighted by molar-refractivity contribution is -0.141. The maximum Gasteiger partial charge on any atom is 0.302 e. The number of aldehydes is 2. The first kappa shape index (κ1) is 26.6. The standard InChI is InChI=1S/C26H25NO8S/c1-17(30)35-11-10-27(2)36(33,34)21-5-3-4-20(14-21)26(22-12-18(15-28)6-8-24(22)31)23-13-19(16-29)7-9-25(23)32/h3-9,12-16,26,31-32H,10-11H2,1-2H3. The van der Waals surface area contributed by atoms with Crippen LogP contribution in [0.1, 0.15) is 50.2 Å². The van der Waals surface area contributed by atoms with Gasteiger partial charge in [0.05, 0.1) is 4.90 Å². The van der Waals surface area contributed by atoms with Crippen LogP contribution >= 0.6 is 0 Å². The number of carbonyl (C=O) groups is 3. The Morgan fingerprint density at radius 3 is 2.00 bits per heavy atom. The molecule has 3 aromatic rings. The number of aromatic hydroxyl groups is 2. The molecule has 0 heterocycles. The second kappa shape index (κ2) is 11.1. The van der Waals surface area contributed by atoms with Crippen molar-refractivity contribution in [3.63, 3.8) is 0 Å². The van der Waals surface area contributed by atoms with Crippen molar-refractivity contribution in [2.24, 2.45) is 0 Å². The van der Waals surface area contributed by atoms with Gasteiger partial charge in [0, 0.05) is 48.7 Å². The van der Waals surface area contributed by atoms with Gasteiger partial charge in [-0.1, -0.05) is 12.1 Å². The molecule has 0 aliphatic heterocycles. The molecule has 3 aromatic carbocycles. The van der Waals surface area contributed by atoms with E-state index in [0.717, 1.165) is 4.31 Å². The van der Waals surface area contributed by atoms with Crippen LogP contribution in [0.3, 0.4) is 0 Å². The molecule has 0 unspecified atom stereocenters. The number of hydrogen-bond donors (Lipinski definition) is 2. The highest BCUT2D eigenvalue weighted by Crippen LogP contribution is 2.41. The number of nitrogens with zero attached hydrogens (tertiary/aromatic N) is 1. The molecule has 0 aromatic heterocycles. The van der Waals surface area contributed by atoms with Gasteiger partial charge in [-0.05, 0) is 54.1 Å². The largest absolute Gasteiger partial charge is 0.508 e. The predicted octanol–water partition coefficient (Wildman–Crippen LogP) is 3.09. The van der Waals surface area contributed by atoms with E-state index in [1.165, 1.54) is 68.6 Å². The second-order valence-corrected chi connectivity index (χ2v) is 10.1. The van der Waals surface area contributed by atoms with Crippen molar-refractivity contribution in [2.75, 3.05) is 20.2 Å². The summed E-state index contributed by atoms with van der Waals surface area (Å²) >= 11 is 0. The molecule has 10 heteroatoms. The highest BCUT2D eigenvalue weighted by atomic mass is 32.2. The van der Waals surface area contributed by atoms with Crippen LogP contribution < -0.4 is 0 Å². The molecule has 2 N–H and O–H groups in total. The zero-order chi connectivity index (χ0) is 26.5. The lowest BCUT2D eigenvalue weighted by Gasteiger charge is -2.23. The fourth-order valence-corrected chi connectivity index (χ4v) is 4.96. The van der Waals surface area contributed by atoms with Crippen LogP contribution in [-0.4, -0.2) is 61.7 Å². The van der Waals surface area contributed by atoms with Crippen LogP contribution in [0.5, 0.6) is 11.5 Å². The van der Waals surface area contributed by atoms with Gasteiger partial charge in [-0.2, -0.15) is 4.31 Å². The van der Waals surface area contributed by atoms with Gasteiger partial charge in [-0.15, -0.1) is 0 Å². The van der Waals surface area contributed by atoms with Gasteiger partial charge in [-0.25, -0.2) is 8.42 Å². The van der Waals surface area contributed by atoms with Crippen molar-refractivity contribution in [3.05, 3.63) is 88.5 Å². The molecule has 0 saturated carbocycles. The lowest BCUT2D eigenvalue weighted by Crippen LogP contribution is -2.30. The minimum atomic E-state index is -4.00. The molecule has 0 aliphatic rings. The Kier molecular flexibility index (Phi) is 8.23. The maximum atomic E-state index is 13.2. The first-order chi connectivity index (χ1) is 17.1. The van der Waals surface area contributed by atoms with E-state index in [1.54, 1.807) is 6.07 Å². The summed E-state index contributed by atoms with van der Waals surface area (Å²) in [4.78, 5) is 33.8. The molecule has 0 aliphatic carbocycles. The molecule has 0 amide bonds. The van der Waals surface area contributed by atoms with Crippen LogP contribution in [0.4, 0.5) is 0 Å². The lowest BCUT2D eigenvalue weighted by atomic mass is 9.83. The van der Waals surface area contributed by atoms with E-state index in [-0.39, 0.29) is 51.8 Å². The number of sulfonamides is 1. The number of hydrogen-bond acceptors (Lipinski definition) is 8. The second-order valence-electron chi connectivity index (χ2n) is 8.04. The average molecular weight is 512 g/mol. The highest BCUT2D eigenvalue weighted by Gasteiger charge is 2.27. The molecule has 0 radical (unpaired) electrons. The highest BCUT2D eigenvalue weighted by molar-refractivity contribution is 7.89. The molecule has 36 heavy (non-hydrogen) atoms. The van der Waals surface area contributed by atoms with E-state index in [4.69, 9.17) is 4.74 Å². The SMILES string of the molecule is CC(=O)OCCN(C)S(=O)(=O)c1cccc(C(c2cc(C=O)ccc2O)c2cc(C=O)ccc2O)c1. The minimum Gasteiger partial charge on any atom is -0.508 e. The van der Waals surface area contributed by atoms with Crippen LogP contribution in [0.15, 0.2) is 65.6 Å². The van der Waals surface area contributed by atoms with Crippen LogP contribution in [-0.2, 0) is 19.6 Å². The molecular weight excluding hydrogens is 486 g/mol. The van der Waals surface area contributed by atoms with E-state index < -0.39 is 21.9 Å². The number of esters is 1. The van der Waals surface area contributed by atoms with Crippen molar-refractivity contribution in [1.82, 2.24) is 4.31 Å². The van der Waals surface area contributed by atoms with Crippen molar-refractivity contribution >= 4 is 28.6 Å². The Labute approximate surface area is 208 Å². The predicted molar refractivity (Wildman–Crippen MR) is 131 cm³/mol. The Morgan fingerprint density at radius 2 is 1.50 bits per heavy atom. The third-order valence-electron chi connectivity index (χ3n) is 5.61. The maximum absolute atomic E-state index is 13.2. The van der Waals surface area contributed by atoms with Crippen LogP contribution in [0, 0.1) is 0 Å². The first-order valence-corrected chi connectivity index (χ1v) is 12.3. The summed E-state index contributed by atoms with van der Waals surface area (Å²) in [5, 5.41) is 21.3. The number of rotatable bonds is 10. The zero-order valence-electron chi connectivity index (χ0n) is 19.6. The summed E-state index contributed by atoms with van der Waals surface area (Å²) < 4.78 is 32.2. The van der Waals surface area contributed by atoms with E-state index in [2.05, 4.69) is 0 Å². The van der Waals surface area contributed by atoms with Gasteiger partial charge >= 0.3 is 5.97 Å². The van der Waals surface area contributed by atoms with Gasteiger partial charge in [-0.3, -0.25) is 14.4 Å².